The van der Waals surface area contributed by atoms with Crippen molar-refractivity contribution < 1.29 is 24.2 Å². The lowest BCUT2D eigenvalue weighted by Crippen LogP contribution is -2.50. The maximum Gasteiger partial charge on any atom is 0.354 e. The third-order valence-electron chi connectivity index (χ3n) is 4.74. The van der Waals surface area contributed by atoms with Crippen molar-refractivity contribution in [2.45, 2.75) is 6.92 Å². The molecule has 8 heteroatoms. The third kappa shape index (κ3) is 3.95. The average molecular weight is 383 g/mol. The predicted molar refractivity (Wildman–Crippen MR) is 101 cm³/mol. The van der Waals surface area contributed by atoms with Gasteiger partial charge in [0.05, 0.1) is 7.11 Å². The number of methoxy groups -OCH3 is 1. The Morgan fingerprint density at radius 3 is 2.07 bits per heavy atom. The molecule has 0 spiro atoms. The number of amides is 2. The number of aryl methyl sites for hydroxylation is 1. The van der Waals surface area contributed by atoms with Crippen LogP contribution in [0, 0.1) is 6.92 Å². The number of benzene rings is 1. The van der Waals surface area contributed by atoms with Gasteiger partial charge in [0.15, 0.2) is 0 Å². The van der Waals surface area contributed by atoms with E-state index in [2.05, 4.69) is 4.98 Å². The summed E-state index contributed by atoms with van der Waals surface area (Å²) < 4.78 is 5.28. The molecule has 1 aromatic carbocycles. The number of nitrogens with zero attached hydrogens (tertiary/aromatic N) is 3. The first kappa shape index (κ1) is 19.3. The van der Waals surface area contributed by atoms with Crippen LogP contribution in [0.5, 0.6) is 5.75 Å². The summed E-state index contributed by atoms with van der Waals surface area (Å²) in [6.07, 6.45) is 1.31. The Labute approximate surface area is 162 Å². The van der Waals surface area contributed by atoms with Crippen LogP contribution in [0.2, 0.25) is 0 Å². The van der Waals surface area contributed by atoms with Gasteiger partial charge in [-0.25, -0.2) is 9.78 Å². The summed E-state index contributed by atoms with van der Waals surface area (Å²) >= 11 is 0. The Morgan fingerprint density at radius 1 is 0.964 bits per heavy atom. The number of carboxylic acid groups (broad SMARTS) is 1. The molecular weight excluding hydrogens is 362 g/mol. The molecule has 0 saturated carbocycles. The minimum Gasteiger partial charge on any atom is -0.496 e. The largest absolute Gasteiger partial charge is 0.496 e. The van der Waals surface area contributed by atoms with Crippen LogP contribution in [-0.2, 0) is 0 Å². The van der Waals surface area contributed by atoms with E-state index in [1.165, 1.54) is 18.3 Å². The van der Waals surface area contributed by atoms with Crippen LogP contribution in [0.3, 0.4) is 0 Å². The number of aromatic carboxylic acids is 1. The molecule has 2 aromatic rings. The number of rotatable bonds is 4. The summed E-state index contributed by atoms with van der Waals surface area (Å²) in [5, 5.41) is 9.02. The summed E-state index contributed by atoms with van der Waals surface area (Å²) in [4.78, 5) is 43.4. The van der Waals surface area contributed by atoms with E-state index < -0.39 is 5.97 Å². The van der Waals surface area contributed by atoms with Crippen LogP contribution in [0.1, 0.15) is 36.8 Å². The van der Waals surface area contributed by atoms with Gasteiger partial charge in [0, 0.05) is 43.5 Å². The van der Waals surface area contributed by atoms with Crippen LogP contribution in [0.4, 0.5) is 0 Å². The summed E-state index contributed by atoms with van der Waals surface area (Å²) in [5.74, 6) is -0.901. The van der Waals surface area contributed by atoms with Gasteiger partial charge >= 0.3 is 5.97 Å². The maximum atomic E-state index is 12.7. The lowest BCUT2D eigenvalue weighted by Gasteiger charge is -2.35. The molecule has 0 radical (unpaired) electrons. The van der Waals surface area contributed by atoms with Crippen LogP contribution < -0.4 is 4.74 Å². The number of carbonyl (C=O) groups excluding carboxylic acids is 2. The molecule has 1 aliphatic rings. The quantitative estimate of drug-likeness (QED) is 0.863. The Morgan fingerprint density at radius 2 is 1.54 bits per heavy atom. The van der Waals surface area contributed by atoms with Gasteiger partial charge in [-0.2, -0.15) is 0 Å². The first-order valence-electron chi connectivity index (χ1n) is 8.83. The number of hydrogen-bond donors (Lipinski definition) is 1. The molecule has 2 amide bonds. The second-order valence-corrected chi connectivity index (χ2v) is 6.50. The van der Waals surface area contributed by atoms with Crippen LogP contribution in [0.15, 0.2) is 36.5 Å². The van der Waals surface area contributed by atoms with Crippen molar-refractivity contribution >= 4 is 17.8 Å². The van der Waals surface area contributed by atoms with Crippen molar-refractivity contribution in [2.24, 2.45) is 0 Å². The molecule has 1 N–H and O–H groups in total. The first-order valence-corrected chi connectivity index (χ1v) is 8.83. The Kier molecular flexibility index (Phi) is 5.58. The van der Waals surface area contributed by atoms with E-state index in [1.54, 1.807) is 29.0 Å². The van der Waals surface area contributed by atoms with Crippen LogP contribution >= 0.6 is 0 Å². The monoisotopic (exact) mass is 383 g/mol. The summed E-state index contributed by atoms with van der Waals surface area (Å²) in [5.41, 5.74) is 1.60. The highest BCUT2D eigenvalue weighted by molar-refractivity contribution is 5.97. The van der Waals surface area contributed by atoms with Crippen molar-refractivity contribution in [1.29, 1.82) is 0 Å². The highest BCUT2D eigenvalue weighted by atomic mass is 16.5. The fourth-order valence-electron chi connectivity index (χ4n) is 3.11. The highest BCUT2D eigenvalue weighted by Crippen LogP contribution is 2.20. The van der Waals surface area contributed by atoms with E-state index in [1.807, 2.05) is 13.0 Å². The lowest BCUT2D eigenvalue weighted by molar-refractivity contribution is 0.0535. The van der Waals surface area contributed by atoms with Gasteiger partial charge in [0.25, 0.3) is 11.8 Å². The number of pyridine rings is 1. The Balaban J connectivity index is 1.65. The normalized spacial score (nSPS) is 13.9. The Hall–Kier alpha value is -3.42. The predicted octanol–water partition coefficient (Wildman–Crippen LogP) is 1.70. The number of carbonyl (C=O) groups is 3. The molecule has 2 heterocycles. The molecule has 0 atom stereocenters. The SMILES string of the molecule is COc1cc(C(=O)N2CCN(C(=O)c3ccnc(C(=O)O)c3)CC2)ccc1C. The molecule has 3 rings (SSSR count). The van der Waals surface area contributed by atoms with Gasteiger partial charge in [-0.05, 0) is 36.8 Å². The molecule has 1 aliphatic heterocycles. The van der Waals surface area contributed by atoms with Gasteiger partial charge in [0.1, 0.15) is 11.4 Å². The van der Waals surface area contributed by atoms with Crippen LogP contribution in [-0.4, -0.2) is 71.0 Å². The first-order chi connectivity index (χ1) is 13.4. The number of hydrogen-bond acceptors (Lipinski definition) is 5. The molecule has 8 nitrogen and oxygen atoms in total. The second kappa shape index (κ2) is 8.08. The average Bonchev–Trinajstić information content (AvgIpc) is 2.73. The molecule has 28 heavy (non-hydrogen) atoms. The minimum absolute atomic E-state index is 0.109. The van der Waals surface area contributed by atoms with Gasteiger partial charge in [-0.3, -0.25) is 9.59 Å². The van der Waals surface area contributed by atoms with E-state index in [0.717, 1.165) is 5.56 Å². The minimum atomic E-state index is -1.18. The van der Waals surface area contributed by atoms with Crippen LogP contribution in [0.25, 0.3) is 0 Å². The summed E-state index contributed by atoms with van der Waals surface area (Å²) in [6, 6.07) is 8.09. The number of carboxylic acids is 1. The van der Waals surface area contributed by atoms with E-state index in [9.17, 15) is 14.4 Å². The Bertz CT molecular complexity index is 920. The van der Waals surface area contributed by atoms with Crippen molar-refractivity contribution in [2.75, 3.05) is 33.3 Å². The zero-order chi connectivity index (χ0) is 20.3. The molecule has 1 saturated heterocycles. The summed E-state index contributed by atoms with van der Waals surface area (Å²) in [7, 11) is 1.57. The molecule has 0 aliphatic carbocycles. The van der Waals surface area contributed by atoms with Gasteiger partial charge in [0.2, 0.25) is 0 Å². The topological polar surface area (TPSA) is 100 Å². The van der Waals surface area contributed by atoms with Crippen molar-refractivity contribution in [3.8, 4) is 5.75 Å². The molecule has 0 bridgehead atoms. The van der Waals surface area contributed by atoms with Crippen molar-refractivity contribution in [1.82, 2.24) is 14.8 Å². The maximum absolute atomic E-state index is 12.7. The fraction of sp³-hybridized carbons (Fsp3) is 0.300. The molecular formula is C20H21N3O5. The van der Waals surface area contributed by atoms with Crippen molar-refractivity contribution in [3.05, 3.63) is 58.9 Å². The van der Waals surface area contributed by atoms with E-state index in [-0.39, 0.29) is 23.1 Å². The van der Waals surface area contributed by atoms with Crippen molar-refractivity contribution in [3.63, 3.8) is 0 Å². The van der Waals surface area contributed by atoms with E-state index >= 15 is 0 Å². The highest BCUT2D eigenvalue weighted by Gasteiger charge is 2.26. The van der Waals surface area contributed by atoms with E-state index in [0.29, 0.717) is 37.5 Å². The van der Waals surface area contributed by atoms with Gasteiger partial charge < -0.3 is 19.6 Å². The lowest BCUT2D eigenvalue weighted by atomic mass is 10.1. The second-order valence-electron chi connectivity index (χ2n) is 6.50. The summed E-state index contributed by atoms with van der Waals surface area (Å²) in [6.45, 7) is 3.46. The standard InChI is InChI=1S/C20H21N3O5/c1-13-3-4-14(12-17(13)28-2)18(24)22-7-9-23(10-8-22)19(25)15-5-6-21-16(11-15)20(26)27/h3-6,11-12H,7-10H2,1-2H3,(H,26,27). The molecule has 1 fully saturated rings. The zero-order valence-corrected chi connectivity index (χ0v) is 15.7. The van der Waals surface area contributed by atoms with Gasteiger partial charge in [-0.1, -0.05) is 6.07 Å². The van der Waals surface area contributed by atoms with Gasteiger partial charge in [-0.15, -0.1) is 0 Å². The van der Waals surface area contributed by atoms with E-state index in [4.69, 9.17) is 9.84 Å². The molecule has 0 unspecified atom stereocenters. The molecule has 1 aromatic heterocycles. The smallest absolute Gasteiger partial charge is 0.354 e. The third-order valence-corrected chi connectivity index (χ3v) is 4.74. The fourth-order valence-corrected chi connectivity index (χ4v) is 3.11. The zero-order valence-electron chi connectivity index (χ0n) is 15.7. The number of piperazine rings is 1. The number of ether oxygens (including phenoxy) is 1. The number of aromatic nitrogens is 1. The molecule has 146 valence electrons.